The van der Waals surface area contributed by atoms with Crippen molar-refractivity contribution in [3.05, 3.63) is 70.2 Å². The number of halogens is 1. The Bertz CT molecular complexity index is 706. The van der Waals surface area contributed by atoms with Gasteiger partial charge in [0.1, 0.15) is 0 Å². The van der Waals surface area contributed by atoms with Crippen molar-refractivity contribution >= 4 is 22.4 Å². The summed E-state index contributed by atoms with van der Waals surface area (Å²) in [7, 11) is -1.32. The van der Waals surface area contributed by atoms with Gasteiger partial charge in [-0.3, -0.25) is 4.21 Å². The Morgan fingerprint density at radius 2 is 1.41 bits per heavy atom. The molecule has 3 nitrogen and oxygen atoms in total. The molecule has 0 aromatic heterocycles. The van der Waals surface area contributed by atoms with Crippen LogP contribution in [0.1, 0.15) is 30.5 Å². The molecule has 5 heteroatoms. The Labute approximate surface area is 137 Å². The van der Waals surface area contributed by atoms with Gasteiger partial charge in [-0.25, -0.2) is 0 Å². The standard InChI is InChI=1S/C17H17ClN2OS/c1-12-4-6-13(7-5-12)17(14-8-10-15(18)11-9-14)20-19-16(2,3)22(17)21/h4-11H,1-3H3/t17-,22+/m1/s1. The summed E-state index contributed by atoms with van der Waals surface area (Å²) in [5.74, 6) is 0. The zero-order chi connectivity index (χ0) is 16.0. The average Bonchev–Trinajstić information content (AvgIpc) is 2.73. The fourth-order valence-corrected chi connectivity index (χ4v) is 4.36. The SMILES string of the molecule is Cc1ccc([C@@]2(c3ccc(Cl)cc3)N=NC(C)(C)[S@@]2=O)cc1. The highest BCUT2D eigenvalue weighted by Gasteiger charge is 2.52. The summed E-state index contributed by atoms with van der Waals surface area (Å²) < 4.78 is 13.2. The lowest BCUT2D eigenvalue weighted by Crippen LogP contribution is -2.35. The number of hydrogen-bond acceptors (Lipinski definition) is 3. The summed E-state index contributed by atoms with van der Waals surface area (Å²) in [4.78, 5) is -1.69. The Balaban J connectivity index is 2.24. The van der Waals surface area contributed by atoms with Crippen molar-refractivity contribution in [2.24, 2.45) is 10.2 Å². The van der Waals surface area contributed by atoms with Crippen LogP contribution in [0.5, 0.6) is 0 Å². The number of hydrogen-bond donors (Lipinski definition) is 0. The number of azo groups is 1. The molecular formula is C17H17ClN2OS. The number of aryl methyl sites for hydroxylation is 1. The molecule has 1 aliphatic rings. The molecule has 0 spiro atoms. The van der Waals surface area contributed by atoms with E-state index in [-0.39, 0.29) is 0 Å². The van der Waals surface area contributed by atoms with Gasteiger partial charge in [-0.2, -0.15) is 10.2 Å². The van der Waals surface area contributed by atoms with E-state index in [1.165, 1.54) is 0 Å². The van der Waals surface area contributed by atoms with E-state index in [4.69, 9.17) is 11.6 Å². The zero-order valence-electron chi connectivity index (χ0n) is 12.7. The quantitative estimate of drug-likeness (QED) is 0.778. The van der Waals surface area contributed by atoms with E-state index in [1.54, 1.807) is 12.1 Å². The number of nitrogens with zero attached hydrogens (tertiary/aromatic N) is 2. The third-order valence-electron chi connectivity index (χ3n) is 3.83. The molecule has 2 atom stereocenters. The van der Waals surface area contributed by atoms with Crippen molar-refractivity contribution in [2.75, 3.05) is 0 Å². The molecular weight excluding hydrogens is 316 g/mol. The van der Waals surface area contributed by atoms with Crippen LogP contribution in [0.4, 0.5) is 0 Å². The van der Waals surface area contributed by atoms with Crippen molar-refractivity contribution in [3.8, 4) is 0 Å². The third kappa shape index (κ3) is 2.31. The highest BCUT2D eigenvalue weighted by Crippen LogP contribution is 2.47. The first-order valence-electron chi connectivity index (χ1n) is 7.05. The smallest absolute Gasteiger partial charge is 0.208 e. The summed E-state index contributed by atoms with van der Waals surface area (Å²) in [5.41, 5.74) is 2.87. The molecule has 0 bridgehead atoms. The monoisotopic (exact) mass is 332 g/mol. The first-order chi connectivity index (χ1) is 10.4. The van der Waals surface area contributed by atoms with Crippen LogP contribution >= 0.6 is 11.6 Å². The van der Waals surface area contributed by atoms with E-state index >= 15 is 0 Å². The van der Waals surface area contributed by atoms with Crippen molar-refractivity contribution < 1.29 is 4.21 Å². The first-order valence-corrected chi connectivity index (χ1v) is 8.58. The minimum absolute atomic E-state index is 0.641. The molecule has 22 heavy (non-hydrogen) atoms. The van der Waals surface area contributed by atoms with Gasteiger partial charge in [0, 0.05) is 5.02 Å². The Morgan fingerprint density at radius 1 is 0.909 bits per heavy atom. The molecule has 0 aliphatic carbocycles. The Hall–Kier alpha value is -1.52. The van der Waals surface area contributed by atoms with Gasteiger partial charge in [0.2, 0.25) is 4.87 Å². The van der Waals surface area contributed by atoms with Crippen molar-refractivity contribution in [2.45, 2.75) is 30.5 Å². The van der Waals surface area contributed by atoms with Crippen molar-refractivity contribution in [1.29, 1.82) is 0 Å². The largest absolute Gasteiger partial charge is 0.254 e. The molecule has 0 amide bonds. The van der Waals surface area contributed by atoms with E-state index in [9.17, 15) is 4.21 Å². The highest BCUT2D eigenvalue weighted by atomic mass is 35.5. The summed E-state index contributed by atoms with van der Waals surface area (Å²) in [6.45, 7) is 5.72. The van der Waals surface area contributed by atoms with Crippen LogP contribution in [0.3, 0.4) is 0 Å². The third-order valence-corrected chi connectivity index (χ3v) is 6.16. The predicted octanol–water partition coefficient (Wildman–Crippen LogP) is 4.80. The number of benzene rings is 2. The molecule has 1 heterocycles. The maximum absolute atomic E-state index is 13.2. The van der Waals surface area contributed by atoms with Crippen LogP contribution < -0.4 is 0 Å². The van der Waals surface area contributed by atoms with E-state index in [2.05, 4.69) is 10.2 Å². The summed E-state index contributed by atoms with van der Waals surface area (Å²) in [6, 6.07) is 15.3. The van der Waals surface area contributed by atoms with E-state index in [0.717, 1.165) is 16.7 Å². The highest BCUT2D eigenvalue weighted by molar-refractivity contribution is 7.87. The molecule has 3 rings (SSSR count). The molecule has 2 aromatic carbocycles. The van der Waals surface area contributed by atoms with Crippen LogP contribution in [-0.4, -0.2) is 9.08 Å². The van der Waals surface area contributed by atoms with Gasteiger partial charge in [-0.15, -0.1) is 0 Å². The zero-order valence-corrected chi connectivity index (χ0v) is 14.3. The average molecular weight is 333 g/mol. The molecule has 0 fully saturated rings. The summed E-state index contributed by atoms with van der Waals surface area (Å²) in [5, 5.41) is 9.42. The lowest BCUT2D eigenvalue weighted by molar-refractivity contribution is 0.639. The first kappa shape index (κ1) is 15.4. The second-order valence-corrected chi connectivity index (χ2v) is 8.50. The van der Waals surface area contributed by atoms with Crippen LogP contribution in [0.25, 0.3) is 0 Å². The van der Waals surface area contributed by atoms with Crippen molar-refractivity contribution in [1.82, 2.24) is 0 Å². The lowest BCUT2D eigenvalue weighted by atomic mass is 9.98. The van der Waals surface area contributed by atoms with Crippen molar-refractivity contribution in [3.63, 3.8) is 0 Å². The second kappa shape index (κ2) is 5.28. The molecule has 0 radical (unpaired) electrons. The van der Waals surface area contributed by atoms with Crippen LogP contribution in [0.15, 0.2) is 58.8 Å². The minimum atomic E-state index is -1.32. The molecule has 114 valence electrons. The van der Waals surface area contributed by atoms with Crippen LogP contribution in [0.2, 0.25) is 5.02 Å². The van der Waals surface area contributed by atoms with Gasteiger partial charge in [-0.05, 0) is 44.0 Å². The van der Waals surface area contributed by atoms with Crippen LogP contribution in [-0.2, 0) is 15.7 Å². The topological polar surface area (TPSA) is 41.8 Å². The van der Waals surface area contributed by atoms with Gasteiger partial charge >= 0.3 is 0 Å². The predicted molar refractivity (Wildman–Crippen MR) is 90.5 cm³/mol. The van der Waals surface area contributed by atoms with Gasteiger partial charge in [0.05, 0.1) is 10.8 Å². The normalized spacial score (nSPS) is 26.3. The van der Waals surface area contributed by atoms with Gasteiger partial charge < -0.3 is 0 Å². The molecule has 1 aliphatic heterocycles. The van der Waals surface area contributed by atoms with Crippen LogP contribution in [0, 0.1) is 6.92 Å². The second-order valence-electron chi connectivity index (χ2n) is 5.93. The number of rotatable bonds is 2. The summed E-state index contributed by atoms with van der Waals surface area (Å²) in [6.07, 6.45) is 0. The van der Waals surface area contributed by atoms with E-state index < -0.39 is 20.5 Å². The lowest BCUT2D eigenvalue weighted by Gasteiger charge is -2.27. The molecule has 0 saturated heterocycles. The molecule has 2 aromatic rings. The summed E-state index contributed by atoms with van der Waals surface area (Å²) >= 11 is 5.99. The minimum Gasteiger partial charge on any atom is -0.254 e. The van der Waals surface area contributed by atoms with E-state index in [0.29, 0.717) is 5.02 Å². The van der Waals surface area contributed by atoms with Gasteiger partial charge in [0.25, 0.3) is 0 Å². The Morgan fingerprint density at radius 3 is 1.86 bits per heavy atom. The molecule has 0 N–H and O–H groups in total. The Kier molecular flexibility index (Phi) is 3.69. The fraction of sp³-hybridized carbons (Fsp3) is 0.294. The van der Waals surface area contributed by atoms with Gasteiger partial charge in [-0.1, -0.05) is 53.6 Å². The fourth-order valence-electron chi connectivity index (χ4n) is 2.58. The molecule has 0 saturated carbocycles. The molecule has 0 unspecified atom stereocenters. The van der Waals surface area contributed by atoms with E-state index in [1.807, 2.05) is 57.2 Å². The maximum Gasteiger partial charge on any atom is 0.208 e. The van der Waals surface area contributed by atoms with Gasteiger partial charge in [0.15, 0.2) is 4.87 Å². The maximum atomic E-state index is 13.2.